The highest BCUT2D eigenvalue weighted by atomic mass is 16.1. The third kappa shape index (κ3) is 5.42. The first-order chi connectivity index (χ1) is 15.2. The second kappa shape index (κ2) is 9.49. The van der Waals surface area contributed by atoms with E-state index in [1.807, 2.05) is 73.1 Å². The largest absolute Gasteiger partial charge is 0.397 e. The Labute approximate surface area is 180 Å². The minimum atomic E-state index is -0.135. The van der Waals surface area contributed by atoms with Crippen LogP contribution in [0.15, 0.2) is 79.3 Å². The van der Waals surface area contributed by atoms with Gasteiger partial charge in [-0.15, -0.1) is 5.10 Å². The zero-order valence-corrected chi connectivity index (χ0v) is 16.8. The van der Waals surface area contributed by atoms with Gasteiger partial charge in [0.2, 0.25) is 5.91 Å². The van der Waals surface area contributed by atoms with E-state index in [4.69, 9.17) is 5.73 Å². The number of carbonyl (C=O) groups is 1. The highest BCUT2D eigenvalue weighted by Gasteiger charge is 2.09. The van der Waals surface area contributed by atoms with Gasteiger partial charge in [-0.1, -0.05) is 47.7 Å². The van der Waals surface area contributed by atoms with Crippen LogP contribution in [0.1, 0.15) is 17.7 Å². The maximum absolute atomic E-state index is 12.5. The lowest BCUT2D eigenvalue weighted by atomic mass is 10.1. The van der Waals surface area contributed by atoms with Crippen LogP contribution in [-0.4, -0.2) is 25.9 Å². The van der Waals surface area contributed by atoms with Gasteiger partial charge in [-0.3, -0.25) is 9.78 Å². The van der Waals surface area contributed by atoms with Gasteiger partial charge in [0.05, 0.1) is 23.3 Å². The first-order valence-electron chi connectivity index (χ1n) is 9.91. The summed E-state index contributed by atoms with van der Waals surface area (Å²) >= 11 is 0. The number of nitrogens with one attached hydrogen (secondary N) is 1. The second-order valence-electron chi connectivity index (χ2n) is 7.01. The Morgan fingerprint density at radius 2 is 1.94 bits per heavy atom. The first kappa shape index (κ1) is 20.0. The predicted molar refractivity (Wildman–Crippen MR) is 123 cm³/mol. The lowest BCUT2D eigenvalue weighted by Crippen LogP contribution is -2.13. The van der Waals surface area contributed by atoms with Crippen LogP contribution in [-0.2, 0) is 11.2 Å². The third-order valence-electron chi connectivity index (χ3n) is 4.71. The van der Waals surface area contributed by atoms with E-state index in [2.05, 4.69) is 20.6 Å². The van der Waals surface area contributed by atoms with E-state index < -0.39 is 0 Å². The van der Waals surface area contributed by atoms with E-state index in [9.17, 15) is 4.79 Å². The molecule has 1 amide bonds. The molecule has 0 bridgehead atoms. The SMILES string of the molecule is Nc1ccc(-c2cccnc2)cc1NC(=O)CCc1cn(/C=C/c2ccccc2)nn1. The number of aromatic nitrogens is 4. The molecule has 0 fully saturated rings. The molecule has 0 unspecified atom stereocenters. The highest BCUT2D eigenvalue weighted by molar-refractivity contribution is 5.95. The number of nitrogen functional groups attached to an aromatic ring is 1. The molecule has 0 saturated carbocycles. The van der Waals surface area contributed by atoms with Crippen LogP contribution in [0.4, 0.5) is 11.4 Å². The summed E-state index contributed by atoms with van der Waals surface area (Å²) < 4.78 is 1.63. The molecule has 7 heteroatoms. The molecule has 0 saturated heterocycles. The maximum Gasteiger partial charge on any atom is 0.224 e. The van der Waals surface area contributed by atoms with Gasteiger partial charge in [0.15, 0.2) is 0 Å². The number of hydrogen-bond acceptors (Lipinski definition) is 5. The van der Waals surface area contributed by atoms with Crippen molar-refractivity contribution in [2.75, 3.05) is 11.1 Å². The molecule has 4 aromatic rings. The standard InChI is InChI=1S/C24H22N6O/c25-22-10-8-19(20-7-4-13-26-16-20)15-23(22)27-24(31)11-9-21-17-30(29-28-21)14-12-18-5-2-1-3-6-18/h1-8,10,12-17H,9,11,25H2,(H,27,31)/b14-12+. The number of aryl methyl sites for hydroxylation is 1. The summed E-state index contributed by atoms with van der Waals surface area (Å²) in [4.78, 5) is 16.6. The molecule has 0 radical (unpaired) electrons. The van der Waals surface area contributed by atoms with Crippen molar-refractivity contribution in [1.82, 2.24) is 20.0 Å². The number of hydrogen-bond donors (Lipinski definition) is 2. The van der Waals surface area contributed by atoms with Gasteiger partial charge in [-0.25, -0.2) is 4.68 Å². The van der Waals surface area contributed by atoms with Gasteiger partial charge in [0.1, 0.15) is 0 Å². The van der Waals surface area contributed by atoms with Crippen molar-refractivity contribution in [2.24, 2.45) is 0 Å². The van der Waals surface area contributed by atoms with Crippen molar-refractivity contribution in [2.45, 2.75) is 12.8 Å². The van der Waals surface area contributed by atoms with Crippen molar-refractivity contribution in [3.8, 4) is 11.1 Å². The Morgan fingerprint density at radius 3 is 2.74 bits per heavy atom. The molecule has 2 heterocycles. The van der Waals surface area contributed by atoms with Gasteiger partial charge in [-0.05, 0) is 35.4 Å². The second-order valence-corrected chi connectivity index (χ2v) is 7.01. The topological polar surface area (TPSA) is 98.7 Å². The number of anilines is 2. The fourth-order valence-electron chi connectivity index (χ4n) is 3.06. The Bertz CT molecular complexity index is 1190. The molecular weight excluding hydrogens is 388 g/mol. The monoisotopic (exact) mass is 410 g/mol. The van der Waals surface area contributed by atoms with E-state index in [1.165, 1.54) is 0 Å². The highest BCUT2D eigenvalue weighted by Crippen LogP contribution is 2.27. The molecule has 2 aromatic carbocycles. The quantitative estimate of drug-likeness (QED) is 0.447. The van der Waals surface area contributed by atoms with Crippen LogP contribution in [0.2, 0.25) is 0 Å². The Balaban J connectivity index is 1.35. The van der Waals surface area contributed by atoms with Crippen molar-refractivity contribution >= 4 is 29.6 Å². The summed E-state index contributed by atoms with van der Waals surface area (Å²) in [7, 11) is 0. The van der Waals surface area contributed by atoms with Crippen LogP contribution in [0, 0.1) is 0 Å². The Kier molecular flexibility index (Phi) is 6.13. The summed E-state index contributed by atoms with van der Waals surface area (Å²) in [5.74, 6) is -0.135. The van der Waals surface area contributed by atoms with Crippen LogP contribution in [0.25, 0.3) is 23.4 Å². The zero-order chi connectivity index (χ0) is 21.5. The summed E-state index contributed by atoms with van der Waals surface area (Å²) in [6.07, 6.45) is 9.83. The molecule has 7 nitrogen and oxygen atoms in total. The smallest absolute Gasteiger partial charge is 0.224 e. The van der Waals surface area contributed by atoms with Crippen molar-refractivity contribution in [3.05, 3.63) is 90.5 Å². The van der Waals surface area contributed by atoms with Crippen LogP contribution in [0.3, 0.4) is 0 Å². The van der Waals surface area contributed by atoms with E-state index in [1.54, 1.807) is 23.1 Å². The molecule has 31 heavy (non-hydrogen) atoms. The van der Waals surface area contributed by atoms with Crippen molar-refractivity contribution in [1.29, 1.82) is 0 Å². The minimum absolute atomic E-state index is 0.135. The number of amides is 1. The average molecular weight is 410 g/mol. The van der Waals surface area contributed by atoms with Crippen molar-refractivity contribution < 1.29 is 4.79 Å². The number of carbonyl (C=O) groups excluding carboxylic acids is 1. The number of rotatable bonds is 7. The van der Waals surface area contributed by atoms with Crippen LogP contribution >= 0.6 is 0 Å². The van der Waals surface area contributed by atoms with E-state index in [-0.39, 0.29) is 12.3 Å². The summed E-state index contributed by atoms with van der Waals surface area (Å²) in [5.41, 5.74) is 10.8. The van der Waals surface area contributed by atoms with Crippen molar-refractivity contribution in [3.63, 3.8) is 0 Å². The van der Waals surface area contributed by atoms with Gasteiger partial charge in [0, 0.05) is 37.0 Å². The molecule has 3 N–H and O–H groups in total. The third-order valence-corrected chi connectivity index (χ3v) is 4.71. The van der Waals surface area contributed by atoms with E-state index >= 15 is 0 Å². The molecule has 0 spiro atoms. The number of benzene rings is 2. The van der Waals surface area contributed by atoms with Crippen LogP contribution < -0.4 is 11.1 Å². The Hall–Kier alpha value is -4.26. The van der Waals surface area contributed by atoms with Gasteiger partial charge < -0.3 is 11.1 Å². The molecule has 4 rings (SSSR count). The molecule has 0 atom stereocenters. The fourth-order valence-corrected chi connectivity index (χ4v) is 3.06. The number of nitrogens with two attached hydrogens (primary N) is 1. The Morgan fingerprint density at radius 1 is 1.06 bits per heavy atom. The van der Waals surface area contributed by atoms with E-state index in [0.29, 0.717) is 17.8 Å². The summed E-state index contributed by atoms with van der Waals surface area (Å²) in [5, 5.41) is 11.1. The fraction of sp³-hybridized carbons (Fsp3) is 0.0833. The normalized spacial score (nSPS) is 11.0. The number of nitrogens with zero attached hydrogens (tertiary/aromatic N) is 4. The lowest BCUT2D eigenvalue weighted by molar-refractivity contribution is -0.116. The van der Waals surface area contributed by atoms with Gasteiger partial charge in [-0.2, -0.15) is 0 Å². The minimum Gasteiger partial charge on any atom is -0.397 e. The van der Waals surface area contributed by atoms with Crippen LogP contribution in [0.5, 0.6) is 0 Å². The molecule has 154 valence electrons. The average Bonchev–Trinajstić information content (AvgIpc) is 3.27. The van der Waals surface area contributed by atoms with E-state index in [0.717, 1.165) is 22.4 Å². The predicted octanol–water partition coefficient (Wildman–Crippen LogP) is 4.12. The first-order valence-corrected chi connectivity index (χ1v) is 9.91. The number of pyridine rings is 1. The lowest BCUT2D eigenvalue weighted by Gasteiger charge is -2.10. The summed E-state index contributed by atoms with van der Waals surface area (Å²) in [6.45, 7) is 0. The molecular formula is C24H22N6O. The molecule has 2 aromatic heterocycles. The molecule has 0 aliphatic carbocycles. The van der Waals surface area contributed by atoms with Gasteiger partial charge >= 0.3 is 0 Å². The molecule has 0 aliphatic heterocycles. The maximum atomic E-state index is 12.5. The summed E-state index contributed by atoms with van der Waals surface area (Å²) in [6, 6.07) is 19.3. The van der Waals surface area contributed by atoms with Gasteiger partial charge in [0.25, 0.3) is 0 Å². The molecule has 0 aliphatic rings. The zero-order valence-electron chi connectivity index (χ0n) is 16.8.